The molecule has 0 radical (unpaired) electrons. The van der Waals surface area contributed by atoms with E-state index < -0.39 is 0 Å². The molecule has 1 unspecified atom stereocenters. The number of hydrogen-bond donors (Lipinski definition) is 0. The predicted molar refractivity (Wildman–Crippen MR) is 79.9 cm³/mol. The van der Waals surface area contributed by atoms with Crippen LogP contribution in [0, 0.1) is 5.92 Å². The first-order valence-corrected chi connectivity index (χ1v) is 8.38. The van der Waals surface area contributed by atoms with Crippen molar-refractivity contribution >= 4 is 29.3 Å². The third-order valence-corrected chi connectivity index (χ3v) is 5.76. The minimum Gasteiger partial charge on any atom is -0.342 e. The van der Waals surface area contributed by atoms with Crippen molar-refractivity contribution in [3.8, 4) is 0 Å². The summed E-state index contributed by atoms with van der Waals surface area (Å²) in [6, 6.07) is 8.30. The Balaban J connectivity index is 1.69. The molecule has 1 fully saturated rings. The molecule has 1 aromatic rings. The molecule has 102 valence electrons. The summed E-state index contributed by atoms with van der Waals surface area (Å²) in [5.41, 5.74) is 1.22. The number of nitrogens with zero attached hydrogens (tertiary/aromatic N) is 1. The largest absolute Gasteiger partial charge is 0.342 e. The number of thioether (sulfide) groups is 1. The minimum atomic E-state index is 0.0637. The molecule has 0 N–H and O–H groups in total. The van der Waals surface area contributed by atoms with Crippen molar-refractivity contribution < 1.29 is 4.79 Å². The molecule has 3 rings (SSSR count). The Bertz CT molecular complexity index is 471. The molecular weight excluding hydrogens is 278 g/mol. The molecule has 4 heteroatoms. The van der Waals surface area contributed by atoms with Crippen LogP contribution in [0.2, 0.25) is 0 Å². The summed E-state index contributed by atoms with van der Waals surface area (Å²) in [5, 5.41) is 0. The van der Waals surface area contributed by atoms with Gasteiger partial charge in [-0.2, -0.15) is 0 Å². The normalized spacial score (nSPS) is 23.4. The van der Waals surface area contributed by atoms with Gasteiger partial charge in [0.05, 0.1) is 5.92 Å². The molecule has 2 nitrogen and oxygen atoms in total. The van der Waals surface area contributed by atoms with Gasteiger partial charge in [0.25, 0.3) is 0 Å². The number of hydrogen-bond acceptors (Lipinski definition) is 2. The van der Waals surface area contributed by atoms with Gasteiger partial charge < -0.3 is 4.90 Å². The van der Waals surface area contributed by atoms with Gasteiger partial charge in [-0.1, -0.05) is 18.2 Å². The average molecular weight is 296 g/mol. The van der Waals surface area contributed by atoms with Gasteiger partial charge in [-0.25, -0.2) is 0 Å². The van der Waals surface area contributed by atoms with E-state index in [1.54, 1.807) is 11.8 Å². The first kappa shape index (κ1) is 13.3. The zero-order valence-corrected chi connectivity index (χ0v) is 12.4. The van der Waals surface area contributed by atoms with E-state index in [-0.39, 0.29) is 5.92 Å². The van der Waals surface area contributed by atoms with E-state index in [2.05, 4.69) is 12.1 Å². The maximum atomic E-state index is 12.6. The van der Waals surface area contributed by atoms with Crippen molar-refractivity contribution in [2.45, 2.75) is 23.7 Å². The number of carbonyl (C=O) groups excluding carboxylic acids is 1. The average Bonchev–Trinajstić information content (AvgIpc) is 2.90. The molecule has 2 aliphatic heterocycles. The zero-order chi connectivity index (χ0) is 13.2. The maximum absolute atomic E-state index is 12.6. The van der Waals surface area contributed by atoms with Gasteiger partial charge in [-0.15, -0.1) is 23.4 Å². The predicted octanol–water partition coefficient (Wildman–Crippen LogP) is 3.35. The Labute approximate surface area is 123 Å². The minimum absolute atomic E-state index is 0.0637. The number of carbonyl (C=O) groups is 1. The SMILES string of the molecule is O=C(C1CSc2ccccc21)N1CCC(CCl)CC1. The summed E-state index contributed by atoms with van der Waals surface area (Å²) >= 11 is 7.70. The zero-order valence-electron chi connectivity index (χ0n) is 10.8. The highest BCUT2D eigenvalue weighted by Gasteiger charge is 2.33. The second-order valence-corrected chi connectivity index (χ2v) is 6.69. The summed E-state index contributed by atoms with van der Waals surface area (Å²) in [6.45, 7) is 1.75. The van der Waals surface area contributed by atoms with Gasteiger partial charge in [0.2, 0.25) is 5.91 Å². The second kappa shape index (κ2) is 5.76. The fourth-order valence-electron chi connectivity index (χ4n) is 2.90. The fraction of sp³-hybridized carbons (Fsp3) is 0.533. The van der Waals surface area contributed by atoms with E-state index in [1.165, 1.54) is 10.5 Å². The Morgan fingerprint density at radius 3 is 2.79 bits per heavy atom. The van der Waals surface area contributed by atoms with Crippen LogP contribution >= 0.6 is 23.4 Å². The van der Waals surface area contributed by atoms with Gasteiger partial charge in [-0.3, -0.25) is 4.79 Å². The molecule has 19 heavy (non-hydrogen) atoms. The number of amides is 1. The summed E-state index contributed by atoms with van der Waals surface area (Å²) in [4.78, 5) is 16.0. The summed E-state index contributed by atoms with van der Waals surface area (Å²) in [5.74, 6) is 2.59. The van der Waals surface area contributed by atoms with E-state index in [0.29, 0.717) is 11.8 Å². The first-order valence-electron chi connectivity index (χ1n) is 6.86. The van der Waals surface area contributed by atoms with Crippen molar-refractivity contribution in [3.63, 3.8) is 0 Å². The van der Waals surface area contributed by atoms with Crippen molar-refractivity contribution in [2.24, 2.45) is 5.92 Å². The van der Waals surface area contributed by atoms with Crippen molar-refractivity contribution in [1.82, 2.24) is 4.90 Å². The number of halogens is 1. The molecule has 1 amide bonds. The monoisotopic (exact) mass is 295 g/mol. The quantitative estimate of drug-likeness (QED) is 0.780. The van der Waals surface area contributed by atoms with Gasteiger partial charge >= 0.3 is 0 Å². The number of alkyl halides is 1. The first-order chi connectivity index (χ1) is 9.29. The number of rotatable bonds is 2. The van der Waals surface area contributed by atoms with Crippen LogP contribution in [0.5, 0.6) is 0 Å². The number of likely N-dealkylation sites (tertiary alicyclic amines) is 1. The molecular formula is C15H18ClNOS. The Morgan fingerprint density at radius 2 is 2.05 bits per heavy atom. The number of benzene rings is 1. The van der Waals surface area contributed by atoms with E-state index in [1.807, 2.05) is 17.0 Å². The van der Waals surface area contributed by atoms with Crippen molar-refractivity contribution in [3.05, 3.63) is 29.8 Å². The summed E-state index contributed by atoms with van der Waals surface area (Å²) < 4.78 is 0. The standard InChI is InChI=1S/C15H18ClNOS/c16-9-11-5-7-17(8-6-11)15(18)13-10-19-14-4-2-1-3-12(13)14/h1-4,11,13H,5-10H2. The molecule has 2 aliphatic rings. The number of piperidine rings is 1. The molecule has 0 aromatic heterocycles. The van der Waals surface area contributed by atoms with Gasteiger partial charge in [0.15, 0.2) is 0 Å². The fourth-order valence-corrected chi connectivity index (χ4v) is 4.42. The molecule has 2 heterocycles. The highest BCUT2D eigenvalue weighted by molar-refractivity contribution is 7.99. The molecule has 1 atom stereocenters. The van der Waals surface area contributed by atoms with Gasteiger partial charge in [0, 0.05) is 29.6 Å². The smallest absolute Gasteiger partial charge is 0.231 e. The van der Waals surface area contributed by atoms with E-state index in [4.69, 9.17) is 11.6 Å². The lowest BCUT2D eigenvalue weighted by Gasteiger charge is -2.32. The topological polar surface area (TPSA) is 20.3 Å². The van der Waals surface area contributed by atoms with E-state index >= 15 is 0 Å². The van der Waals surface area contributed by atoms with Crippen molar-refractivity contribution in [2.75, 3.05) is 24.7 Å². The number of fused-ring (bicyclic) bond motifs is 1. The van der Waals surface area contributed by atoms with Crippen LogP contribution in [-0.2, 0) is 4.79 Å². The van der Waals surface area contributed by atoms with Crippen LogP contribution < -0.4 is 0 Å². The molecule has 0 bridgehead atoms. The van der Waals surface area contributed by atoms with Crippen molar-refractivity contribution in [1.29, 1.82) is 0 Å². The molecule has 1 aromatic carbocycles. The third-order valence-electron chi connectivity index (χ3n) is 4.14. The van der Waals surface area contributed by atoms with Crippen LogP contribution in [0.25, 0.3) is 0 Å². The lowest BCUT2D eigenvalue weighted by atomic mass is 9.95. The Morgan fingerprint density at radius 1 is 1.32 bits per heavy atom. The highest BCUT2D eigenvalue weighted by Crippen LogP contribution is 2.40. The molecule has 1 saturated heterocycles. The Hall–Kier alpha value is -0.670. The van der Waals surface area contributed by atoms with Crippen LogP contribution in [0.3, 0.4) is 0 Å². The highest BCUT2D eigenvalue weighted by atomic mass is 35.5. The van der Waals surface area contributed by atoms with Crippen LogP contribution in [-0.4, -0.2) is 35.5 Å². The third kappa shape index (κ3) is 2.63. The Kier molecular flexibility index (Phi) is 4.04. The lowest BCUT2D eigenvalue weighted by molar-refractivity contribution is -0.133. The van der Waals surface area contributed by atoms with Crippen LogP contribution in [0.15, 0.2) is 29.2 Å². The van der Waals surface area contributed by atoms with Gasteiger partial charge in [-0.05, 0) is 30.4 Å². The molecule has 0 saturated carbocycles. The van der Waals surface area contributed by atoms with Crippen LogP contribution in [0.1, 0.15) is 24.3 Å². The maximum Gasteiger partial charge on any atom is 0.231 e. The van der Waals surface area contributed by atoms with E-state index in [9.17, 15) is 4.79 Å². The van der Waals surface area contributed by atoms with Gasteiger partial charge in [0.1, 0.15) is 0 Å². The second-order valence-electron chi connectivity index (χ2n) is 5.32. The molecule has 0 spiro atoms. The summed E-state index contributed by atoms with van der Waals surface area (Å²) in [7, 11) is 0. The lowest BCUT2D eigenvalue weighted by Crippen LogP contribution is -2.41. The van der Waals surface area contributed by atoms with E-state index in [0.717, 1.165) is 37.6 Å². The van der Waals surface area contributed by atoms with Crippen LogP contribution in [0.4, 0.5) is 0 Å². The summed E-state index contributed by atoms with van der Waals surface area (Å²) in [6.07, 6.45) is 2.10. The molecule has 0 aliphatic carbocycles.